The Labute approximate surface area is 114 Å². The van der Waals surface area contributed by atoms with Crippen molar-refractivity contribution in [3.05, 3.63) is 24.2 Å². The Bertz CT molecular complexity index is 381. The van der Waals surface area contributed by atoms with Crippen molar-refractivity contribution in [1.82, 2.24) is 0 Å². The van der Waals surface area contributed by atoms with Gasteiger partial charge < -0.3 is 9.15 Å². The molecule has 0 aliphatic rings. The number of furan rings is 1. The second-order valence-electron chi connectivity index (χ2n) is 4.68. The van der Waals surface area contributed by atoms with Gasteiger partial charge in [-0.1, -0.05) is 33.1 Å². The smallest absolute Gasteiger partial charge is 0.313 e. The Morgan fingerprint density at radius 1 is 1.37 bits per heavy atom. The van der Waals surface area contributed by atoms with E-state index >= 15 is 0 Å². The molecule has 1 aromatic rings. The molecule has 1 unspecified atom stereocenters. The van der Waals surface area contributed by atoms with E-state index in [2.05, 4.69) is 13.8 Å². The molecule has 4 heteroatoms. The number of hydrogen-bond donors (Lipinski definition) is 0. The largest absolute Gasteiger partial charge is 0.465 e. The van der Waals surface area contributed by atoms with Crippen LogP contribution >= 0.6 is 0 Å². The van der Waals surface area contributed by atoms with E-state index in [4.69, 9.17) is 9.15 Å². The van der Waals surface area contributed by atoms with Crippen LogP contribution in [0.15, 0.2) is 22.8 Å². The van der Waals surface area contributed by atoms with Crippen LogP contribution in [0.3, 0.4) is 0 Å². The fourth-order valence-electron chi connectivity index (χ4n) is 1.82. The van der Waals surface area contributed by atoms with Gasteiger partial charge in [0.05, 0.1) is 12.9 Å². The Morgan fingerprint density at radius 3 is 2.74 bits per heavy atom. The van der Waals surface area contributed by atoms with Gasteiger partial charge in [0.25, 0.3) is 0 Å². The van der Waals surface area contributed by atoms with E-state index in [1.165, 1.54) is 6.26 Å². The highest BCUT2D eigenvalue weighted by Crippen LogP contribution is 2.13. The lowest BCUT2D eigenvalue weighted by atomic mass is 10.0. The normalized spacial score (nSPS) is 12.1. The quantitative estimate of drug-likeness (QED) is 0.389. The first kappa shape index (κ1) is 15.5. The third kappa shape index (κ3) is 5.73. The summed E-state index contributed by atoms with van der Waals surface area (Å²) in [7, 11) is 0. The molecular weight excluding hydrogens is 244 g/mol. The molecule has 19 heavy (non-hydrogen) atoms. The van der Waals surface area contributed by atoms with Crippen molar-refractivity contribution in [1.29, 1.82) is 0 Å². The van der Waals surface area contributed by atoms with E-state index in [1.807, 2.05) is 0 Å². The number of rotatable bonds is 9. The van der Waals surface area contributed by atoms with Gasteiger partial charge in [0, 0.05) is 0 Å². The summed E-state index contributed by atoms with van der Waals surface area (Å²) in [6.45, 7) is 4.63. The molecule has 1 heterocycles. The number of ketones is 1. The van der Waals surface area contributed by atoms with Crippen LogP contribution in [-0.2, 0) is 9.53 Å². The fraction of sp³-hybridized carbons (Fsp3) is 0.600. The van der Waals surface area contributed by atoms with Crippen molar-refractivity contribution in [2.24, 2.45) is 5.92 Å². The van der Waals surface area contributed by atoms with E-state index in [-0.39, 0.29) is 18.0 Å². The molecular formula is C15H22O4. The van der Waals surface area contributed by atoms with Gasteiger partial charge in [-0.15, -0.1) is 0 Å². The molecule has 0 radical (unpaired) electrons. The van der Waals surface area contributed by atoms with Gasteiger partial charge in [0.1, 0.15) is 6.42 Å². The first-order chi connectivity index (χ1) is 9.17. The Morgan fingerprint density at radius 2 is 2.16 bits per heavy atom. The topological polar surface area (TPSA) is 56.5 Å². The lowest BCUT2D eigenvalue weighted by molar-refractivity contribution is -0.144. The molecule has 0 amide bonds. The predicted octanol–water partition coefficient (Wildman–Crippen LogP) is 3.61. The summed E-state index contributed by atoms with van der Waals surface area (Å²) in [6, 6.07) is 3.17. The third-order valence-corrected chi connectivity index (χ3v) is 3.12. The summed E-state index contributed by atoms with van der Waals surface area (Å²) in [5.41, 5.74) is 0. The van der Waals surface area contributed by atoms with Crippen LogP contribution in [0.4, 0.5) is 0 Å². The maximum absolute atomic E-state index is 11.6. The minimum absolute atomic E-state index is 0.204. The maximum atomic E-state index is 11.6. The van der Waals surface area contributed by atoms with Crippen molar-refractivity contribution in [2.75, 3.05) is 6.61 Å². The van der Waals surface area contributed by atoms with E-state index < -0.39 is 5.97 Å². The third-order valence-electron chi connectivity index (χ3n) is 3.12. The number of esters is 1. The fourth-order valence-corrected chi connectivity index (χ4v) is 1.82. The van der Waals surface area contributed by atoms with E-state index in [9.17, 15) is 9.59 Å². The van der Waals surface area contributed by atoms with Crippen molar-refractivity contribution in [3.8, 4) is 0 Å². The van der Waals surface area contributed by atoms with Crippen LogP contribution in [0, 0.1) is 5.92 Å². The van der Waals surface area contributed by atoms with Gasteiger partial charge in [0.15, 0.2) is 5.76 Å². The molecule has 0 saturated heterocycles. The van der Waals surface area contributed by atoms with Crippen molar-refractivity contribution in [2.45, 2.75) is 46.0 Å². The standard InChI is InChI=1S/C15H22O4/c1-3-5-7-12(4-2)11-19-15(17)10-13(16)14-8-6-9-18-14/h6,8-9,12H,3-5,7,10-11H2,1-2H3. The average molecular weight is 266 g/mol. The Kier molecular flexibility index (Phi) is 6.93. The molecule has 1 atom stereocenters. The summed E-state index contributed by atoms with van der Waals surface area (Å²) in [4.78, 5) is 23.2. The average Bonchev–Trinajstić information content (AvgIpc) is 2.93. The summed E-state index contributed by atoms with van der Waals surface area (Å²) in [5.74, 6) is -0.217. The highest BCUT2D eigenvalue weighted by Gasteiger charge is 2.16. The molecule has 0 aliphatic carbocycles. The van der Waals surface area contributed by atoms with Crippen LogP contribution in [0.2, 0.25) is 0 Å². The van der Waals surface area contributed by atoms with Crippen LogP contribution in [0.5, 0.6) is 0 Å². The molecule has 0 spiro atoms. The first-order valence-corrected chi connectivity index (χ1v) is 6.89. The van der Waals surface area contributed by atoms with Crippen LogP contribution in [0.25, 0.3) is 0 Å². The molecule has 1 aromatic heterocycles. The summed E-state index contributed by atoms with van der Waals surface area (Å²) < 4.78 is 10.1. The molecule has 0 fully saturated rings. The zero-order chi connectivity index (χ0) is 14.1. The molecule has 1 rings (SSSR count). The zero-order valence-electron chi connectivity index (χ0n) is 11.7. The number of ether oxygens (including phenoxy) is 1. The lowest BCUT2D eigenvalue weighted by Crippen LogP contribution is -2.16. The minimum Gasteiger partial charge on any atom is -0.465 e. The number of carbonyl (C=O) groups excluding carboxylic acids is 2. The summed E-state index contributed by atoms with van der Waals surface area (Å²) in [5, 5.41) is 0. The highest BCUT2D eigenvalue weighted by molar-refractivity contribution is 6.04. The van der Waals surface area contributed by atoms with Crippen LogP contribution in [-0.4, -0.2) is 18.4 Å². The van der Waals surface area contributed by atoms with Crippen molar-refractivity contribution < 1.29 is 18.7 Å². The van der Waals surface area contributed by atoms with E-state index in [0.717, 1.165) is 25.7 Å². The predicted molar refractivity (Wildman–Crippen MR) is 71.9 cm³/mol. The number of hydrogen-bond acceptors (Lipinski definition) is 4. The second kappa shape index (κ2) is 8.51. The molecule has 0 bridgehead atoms. The SMILES string of the molecule is CCCCC(CC)COC(=O)CC(=O)c1ccco1. The Balaban J connectivity index is 2.29. The summed E-state index contributed by atoms with van der Waals surface area (Å²) in [6.07, 6.45) is 5.49. The van der Waals surface area contributed by atoms with Crippen LogP contribution < -0.4 is 0 Å². The van der Waals surface area contributed by atoms with Gasteiger partial charge in [-0.25, -0.2) is 0 Å². The van der Waals surface area contributed by atoms with E-state index in [0.29, 0.717) is 12.5 Å². The van der Waals surface area contributed by atoms with Crippen molar-refractivity contribution in [3.63, 3.8) is 0 Å². The van der Waals surface area contributed by atoms with Crippen LogP contribution in [0.1, 0.15) is 56.5 Å². The zero-order valence-corrected chi connectivity index (χ0v) is 11.7. The second-order valence-corrected chi connectivity index (χ2v) is 4.68. The molecule has 0 aromatic carbocycles. The minimum atomic E-state index is -0.476. The van der Waals surface area contributed by atoms with Gasteiger partial charge >= 0.3 is 5.97 Å². The monoisotopic (exact) mass is 266 g/mol. The van der Waals surface area contributed by atoms with Gasteiger partial charge in [-0.2, -0.15) is 0 Å². The van der Waals surface area contributed by atoms with Gasteiger partial charge in [-0.3, -0.25) is 9.59 Å². The molecule has 0 aliphatic heterocycles. The lowest BCUT2D eigenvalue weighted by Gasteiger charge is -2.14. The molecule has 0 saturated carbocycles. The molecule has 106 valence electrons. The number of Topliss-reactive ketones (excluding diaryl/α,β-unsaturated/α-hetero) is 1. The van der Waals surface area contributed by atoms with E-state index in [1.54, 1.807) is 12.1 Å². The van der Waals surface area contributed by atoms with Gasteiger partial charge in [0.2, 0.25) is 5.78 Å². The van der Waals surface area contributed by atoms with Crippen molar-refractivity contribution >= 4 is 11.8 Å². The summed E-state index contributed by atoms with van der Waals surface area (Å²) >= 11 is 0. The number of unbranched alkanes of at least 4 members (excludes halogenated alkanes) is 1. The highest BCUT2D eigenvalue weighted by atomic mass is 16.5. The molecule has 4 nitrogen and oxygen atoms in total. The van der Waals surface area contributed by atoms with Gasteiger partial charge in [-0.05, 0) is 24.5 Å². The first-order valence-electron chi connectivity index (χ1n) is 6.89. The Hall–Kier alpha value is -1.58. The molecule has 0 N–H and O–H groups in total. The number of carbonyl (C=O) groups is 2. The maximum Gasteiger partial charge on any atom is 0.313 e.